The number of piperidine rings is 1. The number of amides is 2. The number of hydrogen-bond acceptors (Lipinski definition) is 4. The second-order valence-electron chi connectivity index (χ2n) is 8.51. The van der Waals surface area contributed by atoms with Gasteiger partial charge in [0.15, 0.2) is 0 Å². The van der Waals surface area contributed by atoms with Crippen LogP contribution in [0.15, 0.2) is 72.8 Å². The first-order chi connectivity index (χ1) is 17.3. The molecule has 1 saturated heterocycles. The third-order valence-electron chi connectivity index (χ3n) is 6.14. The van der Waals surface area contributed by atoms with Crippen molar-refractivity contribution >= 4 is 28.9 Å². The van der Waals surface area contributed by atoms with Crippen LogP contribution in [0, 0.1) is 5.92 Å². The van der Waals surface area contributed by atoms with Crippen LogP contribution < -0.4 is 15.4 Å². The molecular weight excluding hydrogens is 471 g/mol. The van der Waals surface area contributed by atoms with Crippen LogP contribution in [-0.2, 0) is 11.0 Å². The molecule has 9 heteroatoms. The van der Waals surface area contributed by atoms with Crippen LogP contribution in [0.3, 0.4) is 0 Å². The summed E-state index contributed by atoms with van der Waals surface area (Å²) in [7, 11) is 1.54. The van der Waals surface area contributed by atoms with Gasteiger partial charge in [0.1, 0.15) is 5.75 Å². The number of ether oxygens (including phenoxy) is 1. The highest BCUT2D eigenvalue weighted by Crippen LogP contribution is 2.32. The van der Waals surface area contributed by atoms with Gasteiger partial charge in [0.05, 0.1) is 29.6 Å². The van der Waals surface area contributed by atoms with E-state index in [9.17, 15) is 22.8 Å². The molecule has 0 atom stereocenters. The quantitative estimate of drug-likeness (QED) is 0.442. The Morgan fingerprint density at radius 2 is 1.58 bits per heavy atom. The molecule has 2 amide bonds. The lowest BCUT2D eigenvalue weighted by Gasteiger charge is -2.32. The fourth-order valence-electron chi connectivity index (χ4n) is 4.21. The molecule has 1 heterocycles. The molecule has 0 radical (unpaired) electrons. The summed E-state index contributed by atoms with van der Waals surface area (Å²) in [5.74, 6) is -0.0485. The predicted octanol–water partition coefficient (Wildman–Crippen LogP) is 5.95. The lowest BCUT2D eigenvalue weighted by Crippen LogP contribution is -2.41. The molecular formula is C27H26F3N3O3. The maximum absolute atomic E-state index is 13.3. The molecule has 6 nitrogen and oxygen atoms in total. The molecule has 36 heavy (non-hydrogen) atoms. The van der Waals surface area contributed by atoms with E-state index in [-0.39, 0.29) is 23.4 Å². The number of nitrogens with zero attached hydrogens (tertiary/aromatic N) is 1. The van der Waals surface area contributed by atoms with E-state index < -0.39 is 11.7 Å². The summed E-state index contributed by atoms with van der Waals surface area (Å²) in [6, 6.07) is 18.7. The van der Waals surface area contributed by atoms with Gasteiger partial charge in [-0.2, -0.15) is 13.2 Å². The van der Waals surface area contributed by atoms with Crippen molar-refractivity contribution < 1.29 is 27.5 Å². The van der Waals surface area contributed by atoms with Gasteiger partial charge in [0, 0.05) is 24.7 Å². The molecule has 1 aliphatic rings. The van der Waals surface area contributed by atoms with Gasteiger partial charge in [-0.15, -0.1) is 0 Å². The van der Waals surface area contributed by atoms with E-state index >= 15 is 0 Å². The summed E-state index contributed by atoms with van der Waals surface area (Å²) in [5, 5.41) is 5.85. The summed E-state index contributed by atoms with van der Waals surface area (Å²) in [6.45, 7) is 0.779. The van der Waals surface area contributed by atoms with Crippen molar-refractivity contribution in [2.75, 3.05) is 30.8 Å². The second-order valence-corrected chi connectivity index (χ2v) is 8.51. The Kier molecular flexibility index (Phi) is 7.47. The van der Waals surface area contributed by atoms with Gasteiger partial charge in [-0.05, 0) is 55.3 Å². The Hall–Kier alpha value is -4.01. The zero-order valence-electron chi connectivity index (χ0n) is 19.6. The van der Waals surface area contributed by atoms with Crippen molar-refractivity contribution in [3.05, 3.63) is 83.9 Å². The molecule has 188 valence electrons. The zero-order valence-corrected chi connectivity index (χ0v) is 19.6. The minimum Gasteiger partial charge on any atom is -0.495 e. The highest BCUT2D eigenvalue weighted by atomic mass is 19.4. The third-order valence-corrected chi connectivity index (χ3v) is 6.14. The van der Waals surface area contributed by atoms with Crippen molar-refractivity contribution in [2.24, 2.45) is 5.92 Å². The molecule has 1 aliphatic heterocycles. The average molecular weight is 498 g/mol. The van der Waals surface area contributed by atoms with Crippen LogP contribution in [0.4, 0.5) is 30.2 Å². The maximum Gasteiger partial charge on any atom is 0.416 e. The second kappa shape index (κ2) is 10.7. The van der Waals surface area contributed by atoms with E-state index in [1.54, 1.807) is 41.3 Å². The molecule has 0 saturated carbocycles. The standard InChI is InChI=1S/C27H26F3N3O3/c1-36-24-12-5-4-11-23(24)32-25(34)18-13-15-33(16-14-18)26(35)21-9-2-3-10-22(21)31-20-8-6-7-19(17-20)27(28,29)30/h2-12,17-18,31H,13-16H2,1H3,(H,32,34). The van der Waals surface area contributed by atoms with Gasteiger partial charge in [0.2, 0.25) is 5.91 Å². The lowest BCUT2D eigenvalue weighted by atomic mass is 9.95. The van der Waals surface area contributed by atoms with Crippen LogP contribution >= 0.6 is 0 Å². The molecule has 0 aromatic heterocycles. The van der Waals surface area contributed by atoms with E-state index in [1.807, 2.05) is 12.1 Å². The van der Waals surface area contributed by atoms with Crippen LogP contribution in [0.1, 0.15) is 28.8 Å². The van der Waals surface area contributed by atoms with Crippen molar-refractivity contribution in [1.29, 1.82) is 0 Å². The minimum absolute atomic E-state index is 0.127. The smallest absolute Gasteiger partial charge is 0.416 e. The first-order valence-electron chi connectivity index (χ1n) is 11.5. The largest absolute Gasteiger partial charge is 0.495 e. The number of hydrogen-bond donors (Lipinski definition) is 2. The van der Waals surface area contributed by atoms with Crippen LogP contribution in [-0.4, -0.2) is 36.9 Å². The van der Waals surface area contributed by atoms with Crippen LogP contribution in [0.5, 0.6) is 5.75 Å². The first kappa shape index (κ1) is 25.1. The number of methoxy groups -OCH3 is 1. The highest BCUT2D eigenvalue weighted by molar-refractivity contribution is 6.00. The molecule has 0 bridgehead atoms. The number of likely N-dealkylation sites (tertiary alicyclic amines) is 1. The number of para-hydroxylation sites is 3. The summed E-state index contributed by atoms with van der Waals surface area (Å²) in [5.41, 5.74) is 0.823. The van der Waals surface area contributed by atoms with Crippen molar-refractivity contribution in [2.45, 2.75) is 19.0 Å². The van der Waals surface area contributed by atoms with E-state index in [0.29, 0.717) is 48.6 Å². The molecule has 4 rings (SSSR count). The lowest BCUT2D eigenvalue weighted by molar-refractivity contribution is -0.137. The fourth-order valence-corrected chi connectivity index (χ4v) is 4.21. The Bertz CT molecular complexity index is 1240. The number of carbonyl (C=O) groups is 2. The monoisotopic (exact) mass is 497 g/mol. The average Bonchev–Trinajstić information content (AvgIpc) is 2.88. The molecule has 0 unspecified atom stereocenters. The van der Waals surface area contributed by atoms with Crippen molar-refractivity contribution in [1.82, 2.24) is 4.90 Å². The number of carbonyl (C=O) groups excluding carboxylic acids is 2. The fraction of sp³-hybridized carbons (Fsp3) is 0.259. The number of alkyl halides is 3. The molecule has 1 fully saturated rings. The molecule has 0 spiro atoms. The first-order valence-corrected chi connectivity index (χ1v) is 11.5. The number of anilines is 3. The molecule has 0 aliphatic carbocycles. The topological polar surface area (TPSA) is 70.7 Å². The molecule has 3 aromatic rings. The SMILES string of the molecule is COc1ccccc1NC(=O)C1CCN(C(=O)c2ccccc2Nc2cccc(C(F)(F)F)c2)CC1. The van der Waals surface area contributed by atoms with E-state index in [4.69, 9.17) is 4.74 Å². The van der Waals surface area contributed by atoms with E-state index in [1.165, 1.54) is 19.2 Å². The summed E-state index contributed by atoms with van der Waals surface area (Å²) in [6.07, 6.45) is -3.47. The van der Waals surface area contributed by atoms with Gasteiger partial charge in [0.25, 0.3) is 5.91 Å². The highest BCUT2D eigenvalue weighted by Gasteiger charge is 2.31. The predicted molar refractivity (Wildman–Crippen MR) is 131 cm³/mol. The van der Waals surface area contributed by atoms with Gasteiger partial charge >= 0.3 is 6.18 Å². The summed E-state index contributed by atoms with van der Waals surface area (Å²) >= 11 is 0. The van der Waals surface area contributed by atoms with E-state index in [2.05, 4.69) is 10.6 Å². The van der Waals surface area contributed by atoms with Gasteiger partial charge in [-0.3, -0.25) is 9.59 Å². The molecule has 3 aromatic carbocycles. The van der Waals surface area contributed by atoms with Gasteiger partial charge in [-0.25, -0.2) is 0 Å². The zero-order chi connectivity index (χ0) is 25.7. The minimum atomic E-state index is -4.46. The normalized spacial score (nSPS) is 14.3. The number of benzene rings is 3. The van der Waals surface area contributed by atoms with Gasteiger partial charge in [-0.1, -0.05) is 30.3 Å². The Morgan fingerprint density at radius 1 is 0.917 bits per heavy atom. The Morgan fingerprint density at radius 3 is 2.28 bits per heavy atom. The van der Waals surface area contributed by atoms with Gasteiger partial charge < -0.3 is 20.3 Å². The van der Waals surface area contributed by atoms with Crippen molar-refractivity contribution in [3.8, 4) is 5.75 Å². The number of halogens is 3. The molecule has 2 N–H and O–H groups in total. The van der Waals surface area contributed by atoms with Crippen LogP contribution in [0.25, 0.3) is 0 Å². The Balaban J connectivity index is 1.41. The number of nitrogens with one attached hydrogen (secondary N) is 2. The maximum atomic E-state index is 13.3. The third kappa shape index (κ3) is 5.79. The van der Waals surface area contributed by atoms with E-state index in [0.717, 1.165) is 12.1 Å². The van der Waals surface area contributed by atoms with Crippen molar-refractivity contribution in [3.63, 3.8) is 0 Å². The Labute approximate surface area is 207 Å². The number of rotatable bonds is 6. The van der Waals surface area contributed by atoms with Crippen LogP contribution in [0.2, 0.25) is 0 Å². The summed E-state index contributed by atoms with van der Waals surface area (Å²) < 4.78 is 44.5. The summed E-state index contributed by atoms with van der Waals surface area (Å²) in [4.78, 5) is 27.7.